The highest BCUT2D eigenvalue weighted by atomic mass is 16.3. The number of hydrogen-bond donors (Lipinski definition) is 3. The van der Waals surface area contributed by atoms with Crippen LogP contribution in [0.5, 0.6) is 0 Å². The first-order chi connectivity index (χ1) is 14.0. The fourth-order valence-corrected chi connectivity index (χ4v) is 8.15. The molecular formula is C27H44O3. The number of fused-ring (bicyclic) bond motifs is 5. The molecule has 0 amide bonds. The SMILES string of the molecule is CC(C)CC=C[C@@H](C)[C@H]1CC[C@H]2C3=CC(O)C4(O)CC(O)CC[C@]4(C)[C@H]3CC[C@]12C. The molecule has 170 valence electrons. The Morgan fingerprint density at radius 2 is 1.77 bits per heavy atom. The van der Waals surface area contributed by atoms with Crippen molar-refractivity contribution in [3.05, 3.63) is 23.8 Å². The maximum absolute atomic E-state index is 11.6. The van der Waals surface area contributed by atoms with Gasteiger partial charge < -0.3 is 15.3 Å². The Morgan fingerprint density at radius 3 is 2.47 bits per heavy atom. The highest BCUT2D eigenvalue weighted by Gasteiger charge is 2.64. The molecule has 3 saturated carbocycles. The molecule has 0 aliphatic heterocycles. The summed E-state index contributed by atoms with van der Waals surface area (Å²) in [6.45, 7) is 11.6. The minimum Gasteiger partial charge on any atom is -0.393 e. The van der Waals surface area contributed by atoms with Gasteiger partial charge in [0.2, 0.25) is 0 Å². The van der Waals surface area contributed by atoms with Crippen molar-refractivity contribution in [3.63, 3.8) is 0 Å². The van der Waals surface area contributed by atoms with Gasteiger partial charge in [0.25, 0.3) is 0 Å². The first-order valence-electron chi connectivity index (χ1n) is 12.5. The van der Waals surface area contributed by atoms with Gasteiger partial charge in [-0.15, -0.1) is 0 Å². The fraction of sp³-hybridized carbons (Fsp3) is 0.852. The highest BCUT2D eigenvalue weighted by Crippen LogP contribution is 2.67. The van der Waals surface area contributed by atoms with Crippen LogP contribution in [0.1, 0.15) is 86.0 Å². The van der Waals surface area contributed by atoms with Crippen molar-refractivity contribution in [2.45, 2.75) is 104 Å². The quantitative estimate of drug-likeness (QED) is 0.549. The standard InChI is InChI=1S/C27H44O3/c1-17(2)7-6-8-18(3)21-9-10-22-20-15-24(29)27(30)16-19(28)11-14-26(27,5)23(20)12-13-25(21,22)4/h6,8,15,17-19,21-24,28-30H,7,9-14,16H2,1-5H3/t18-,19?,21-,22+,23+,24?,25-,26-,27?/m1/s1. The molecule has 0 aromatic carbocycles. The average Bonchev–Trinajstić information content (AvgIpc) is 3.01. The molecule has 3 nitrogen and oxygen atoms in total. The lowest BCUT2D eigenvalue weighted by atomic mass is 9.45. The zero-order chi connectivity index (χ0) is 21.9. The van der Waals surface area contributed by atoms with E-state index in [9.17, 15) is 15.3 Å². The van der Waals surface area contributed by atoms with E-state index in [1.54, 1.807) is 0 Å². The van der Waals surface area contributed by atoms with E-state index < -0.39 is 17.8 Å². The van der Waals surface area contributed by atoms with Gasteiger partial charge in [-0.05, 0) is 80.0 Å². The maximum atomic E-state index is 11.6. The number of allylic oxidation sites excluding steroid dienone is 3. The van der Waals surface area contributed by atoms with Crippen molar-refractivity contribution in [2.24, 2.45) is 40.4 Å². The molecule has 4 rings (SSSR count). The van der Waals surface area contributed by atoms with Crippen LogP contribution in [0.25, 0.3) is 0 Å². The molecule has 0 saturated heterocycles. The van der Waals surface area contributed by atoms with Gasteiger partial charge in [-0.2, -0.15) is 0 Å². The third-order valence-electron chi connectivity index (χ3n) is 10.0. The van der Waals surface area contributed by atoms with E-state index in [1.165, 1.54) is 24.8 Å². The van der Waals surface area contributed by atoms with E-state index in [1.807, 2.05) is 6.08 Å². The van der Waals surface area contributed by atoms with Gasteiger partial charge in [0, 0.05) is 11.8 Å². The number of aliphatic hydroxyl groups is 3. The Morgan fingerprint density at radius 1 is 1.03 bits per heavy atom. The van der Waals surface area contributed by atoms with Gasteiger partial charge in [0.1, 0.15) is 11.7 Å². The van der Waals surface area contributed by atoms with Crippen molar-refractivity contribution in [2.75, 3.05) is 0 Å². The molecule has 3 N–H and O–H groups in total. The summed E-state index contributed by atoms with van der Waals surface area (Å²) in [6, 6.07) is 0. The molecule has 0 spiro atoms. The van der Waals surface area contributed by atoms with Gasteiger partial charge in [-0.25, -0.2) is 0 Å². The number of aliphatic hydroxyl groups excluding tert-OH is 2. The summed E-state index contributed by atoms with van der Waals surface area (Å²) < 4.78 is 0. The summed E-state index contributed by atoms with van der Waals surface area (Å²) >= 11 is 0. The zero-order valence-corrected chi connectivity index (χ0v) is 19.8. The minimum absolute atomic E-state index is 0.281. The largest absolute Gasteiger partial charge is 0.393 e. The third kappa shape index (κ3) is 3.26. The van der Waals surface area contributed by atoms with E-state index >= 15 is 0 Å². The van der Waals surface area contributed by atoms with E-state index in [0.717, 1.165) is 25.7 Å². The van der Waals surface area contributed by atoms with Crippen LogP contribution >= 0.6 is 0 Å². The van der Waals surface area contributed by atoms with E-state index in [4.69, 9.17) is 0 Å². The first kappa shape index (κ1) is 22.6. The number of rotatable bonds is 4. The Bertz CT molecular complexity index is 711. The van der Waals surface area contributed by atoms with Crippen LogP contribution in [0.4, 0.5) is 0 Å². The van der Waals surface area contributed by atoms with Crippen molar-refractivity contribution in [1.82, 2.24) is 0 Å². The molecule has 3 fully saturated rings. The van der Waals surface area contributed by atoms with Crippen LogP contribution in [-0.2, 0) is 0 Å². The number of hydrogen-bond acceptors (Lipinski definition) is 3. The lowest BCUT2D eigenvalue weighted by Crippen LogP contribution is -2.65. The van der Waals surface area contributed by atoms with Gasteiger partial charge in [0.15, 0.2) is 0 Å². The Labute approximate surface area is 183 Å². The predicted molar refractivity (Wildman–Crippen MR) is 122 cm³/mol. The molecule has 30 heavy (non-hydrogen) atoms. The Kier molecular flexibility index (Phi) is 5.82. The second kappa shape index (κ2) is 7.74. The summed E-state index contributed by atoms with van der Waals surface area (Å²) in [5.74, 6) is 2.83. The molecule has 0 bridgehead atoms. The van der Waals surface area contributed by atoms with Crippen LogP contribution < -0.4 is 0 Å². The lowest BCUT2D eigenvalue weighted by Gasteiger charge is -2.62. The normalized spacial score (nSPS) is 49.5. The van der Waals surface area contributed by atoms with Gasteiger partial charge >= 0.3 is 0 Å². The molecule has 4 aliphatic carbocycles. The topological polar surface area (TPSA) is 60.7 Å². The molecule has 0 radical (unpaired) electrons. The fourth-order valence-electron chi connectivity index (χ4n) is 8.15. The molecule has 4 aliphatic rings. The highest BCUT2D eigenvalue weighted by molar-refractivity contribution is 5.33. The van der Waals surface area contributed by atoms with Crippen LogP contribution in [-0.4, -0.2) is 33.1 Å². The molecule has 0 aromatic rings. The molecular weight excluding hydrogens is 372 g/mol. The maximum Gasteiger partial charge on any atom is 0.102 e. The Hall–Kier alpha value is -0.640. The molecule has 0 aromatic heterocycles. The zero-order valence-electron chi connectivity index (χ0n) is 19.8. The first-order valence-corrected chi connectivity index (χ1v) is 12.5. The summed E-state index contributed by atoms with van der Waals surface area (Å²) in [4.78, 5) is 0. The smallest absolute Gasteiger partial charge is 0.102 e. The summed E-state index contributed by atoms with van der Waals surface area (Å²) in [5.41, 5.74) is 0.180. The summed E-state index contributed by atoms with van der Waals surface area (Å²) in [6.07, 6.45) is 13.2. The van der Waals surface area contributed by atoms with Crippen LogP contribution in [0.3, 0.4) is 0 Å². The van der Waals surface area contributed by atoms with Crippen molar-refractivity contribution >= 4 is 0 Å². The van der Waals surface area contributed by atoms with Crippen LogP contribution in [0.2, 0.25) is 0 Å². The van der Waals surface area contributed by atoms with Crippen LogP contribution in [0, 0.1) is 40.4 Å². The van der Waals surface area contributed by atoms with Crippen molar-refractivity contribution in [3.8, 4) is 0 Å². The van der Waals surface area contributed by atoms with E-state index in [2.05, 4.69) is 46.8 Å². The van der Waals surface area contributed by atoms with Gasteiger partial charge in [-0.3, -0.25) is 0 Å². The molecule has 3 heteroatoms. The summed E-state index contributed by atoms with van der Waals surface area (Å²) in [7, 11) is 0. The van der Waals surface area contributed by atoms with E-state index in [-0.39, 0.29) is 10.8 Å². The average molecular weight is 417 g/mol. The Balaban J connectivity index is 1.62. The van der Waals surface area contributed by atoms with Gasteiger partial charge in [0.05, 0.1) is 6.10 Å². The summed E-state index contributed by atoms with van der Waals surface area (Å²) in [5, 5.41) is 32.9. The van der Waals surface area contributed by atoms with Crippen molar-refractivity contribution in [1.29, 1.82) is 0 Å². The molecule has 3 unspecified atom stereocenters. The van der Waals surface area contributed by atoms with Crippen LogP contribution in [0.15, 0.2) is 23.8 Å². The lowest BCUT2D eigenvalue weighted by molar-refractivity contribution is -0.210. The molecule has 0 heterocycles. The predicted octanol–water partition coefficient (Wildman–Crippen LogP) is 5.25. The third-order valence-corrected chi connectivity index (χ3v) is 10.0. The van der Waals surface area contributed by atoms with Crippen molar-refractivity contribution < 1.29 is 15.3 Å². The van der Waals surface area contributed by atoms with Gasteiger partial charge in [-0.1, -0.05) is 58.4 Å². The second-order valence-electron chi connectivity index (χ2n) is 12.1. The van der Waals surface area contributed by atoms with E-state index in [0.29, 0.717) is 36.0 Å². The minimum atomic E-state index is -1.20. The molecule has 9 atom stereocenters. The monoisotopic (exact) mass is 416 g/mol. The second-order valence-corrected chi connectivity index (χ2v) is 12.1.